The molecule has 0 saturated carbocycles. The van der Waals surface area contributed by atoms with Crippen molar-refractivity contribution in [2.45, 2.75) is 6.61 Å². The van der Waals surface area contributed by atoms with Gasteiger partial charge in [-0.1, -0.05) is 36.4 Å². The van der Waals surface area contributed by atoms with Crippen molar-refractivity contribution >= 4 is 27.7 Å². The van der Waals surface area contributed by atoms with E-state index in [2.05, 4.69) is 4.98 Å². The van der Waals surface area contributed by atoms with Crippen LogP contribution in [0.4, 0.5) is 0 Å². The second-order valence-corrected chi connectivity index (χ2v) is 4.79. The summed E-state index contributed by atoms with van der Waals surface area (Å²) >= 11 is 5.49. The zero-order valence-corrected chi connectivity index (χ0v) is 11.4. The third-order valence-electron chi connectivity index (χ3n) is 3.07. The maximum Gasteiger partial charge on any atom is 0.268 e. The highest BCUT2D eigenvalue weighted by molar-refractivity contribution is 6.67. The monoisotopic (exact) mass is 285 g/mol. The maximum atomic E-state index is 11.2. The minimum absolute atomic E-state index is 0.373. The van der Waals surface area contributed by atoms with Gasteiger partial charge in [-0.05, 0) is 35.4 Å². The fraction of sp³-hybridized carbons (Fsp3) is 0.0625. The number of fused-ring (bicyclic) bond motifs is 1. The minimum Gasteiger partial charge on any atom is -0.488 e. The van der Waals surface area contributed by atoms with Crippen LogP contribution in [0.15, 0.2) is 54.6 Å². The summed E-state index contributed by atoms with van der Waals surface area (Å²) in [5, 5.41) is 0.350. The lowest BCUT2D eigenvalue weighted by atomic mass is 10.2. The molecule has 3 nitrogen and oxygen atoms in total. The van der Waals surface area contributed by atoms with Gasteiger partial charge in [0.15, 0.2) is 0 Å². The van der Waals surface area contributed by atoms with Gasteiger partial charge in [0.1, 0.15) is 12.4 Å². The zero-order valence-electron chi connectivity index (χ0n) is 10.6. The molecule has 0 aliphatic carbocycles. The smallest absolute Gasteiger partial charge is 0.268 e. The summed E-state index contributed by atoms with van der Waals surface area (Å²) in [7, 11) is 0. The molecule has 1 N–H and O–H groups in total. The van der Waals surface area contributed by atoms with E-state index in [4.69, 9.17) is 16.3 Å². The number of rotatable bonds is 4. The number of aromatic nitrogens is 1. The number of hydrogen-bond acceptors (Lipinski definition) is 2. The van der Waals surface area contributed by atoms with E-state index in [9.17, 15) is 4.79 Å². The van der Waals surface area contributed by atoms with E-state index in [1.165, 1.54) is 0 Å². The first-order chi connectivity index (χ1) is 9.74. The van der Waals surface area contributed by atoms with Crippen LogP contribution in [-0.2, 0) is 6.61 Å². The normalized spacial score (nSPS) is 10.7. The average molecular weight is 286 g/mol. The van der Waals surface area contributed by atoms with E-state index >= 15 is 0 Å². The highest BCUT2D eigenvalue weighted by Gasteiger charge is 2.10. The van der Waals surface area contributed by atoms with Crippen molar-refractivity contribution in [1.82, 2.24) is 4.98 Å². The molecule has 1 aromatic heterocycles. The standard InChI is InChI=1S/C16H12ClNO2/c17-16(19)14-9-12-13(18-14)7-4-8-15(12)20-10-11-5-2-1-3-6-11/h1-9,18H,10H2. The van der Waals surface area contributed by atoms with Gasteiger partial charge in [-0.15, -0.1) is 0 Å². The Labute approximate surface area is 121 Å². The van der Waals surface area contributed by atoms with Crippen LogP contribution in [0.2, 0.25) is 0 Å². The Hall–Kier alpha value is -2.26. The Bertz CT molecular complexity index is 750. The summed E-state index contributed by atoms with van der Waals surface area (Å²) < 4.78 is 5.82. The Morgan fingerprint density at radius 2 is 1.90 bits per heavy atom. The molecular formula is C16H12ClNO2. The summed E-state index contributed by atoms with van der Waals surface area (Å²) in [6.07, 6.45) is 0. The van der Waals surface area contributed by atoms with E-state index in [-0.39, 0.29) is 0 Å². The van der Waals surface area contributed by atoms with E-state index < -0.39 is 5.24 Å². The van der Waals surface area contributed by atoms with Crippen LogP contribution in [0.1, 0.15) is 16.1 Å². The first-order valence-electron chi connectivity index (χ1n) is 6.22. The van der Waals surface area contributed by atoms with Gasteiger partial charge >= 0.3 is 0 Å². The number of nitrogens with one attached hydrogen (secondary N) is 1. The lowest BCUT2D eigenvalue weighted by Crippen LogP contribution is -1.94. The fourth-order valence-electron chi connectivity index (χ4n) is 2.09. The number of halogens is 1. The number of carbonyl (C=O) groups excluding carboxylic acids is 1. The molecule has 3 rings (SSSR count). The van der Waals surface area contributed by atoms with Crippen molar-refractivity contribution < 1.29 is 9.53 Å². The number of H-pyrrole nitrogens is 1. The Kier molecular flexibility index (Phi) is 3.44. The van der Waals surface area contributed by atoms with Gasteiger partial charge in [0.05, 0.1) is 5.69 Å². The predicted octanol–water partition coefficient (Wildman–Crippen LogP) is 4.13. The van der Waals surface area contributed by atoms with Crippen LogP contribution in [0.25, 0.3) is 10.9 Å². The second-order valence-electron chi connectivity index (χ2n) is 4.45. The number of ether oxygens (including phenoxy) is 1. The molecule has 0 fully saturated rings. The largest absolute Gasteiger partial charge is 0.488 e. The third kappa shape index (κ3) is 2.53. The number of hydrogen-bond donors (Lipinski definition) is 1. The molecule has 1 heterocycles. The average Bonchev–Trinajstić information content (AvgIpc) is 2.91. The molecule has 4 heteroatoms. The Morgan fingerprint density at radius 3 is 2.65 bits per heavy atom. The summed E-state index contributed by atoms with van der Waals surface area (Å²) in [4.78, 5) is 14.2. The van der Waals surface area contributed by atoms with Gasteiger partial charge in [-0.25, -0.2) is 0 Å². The van der Waals surface area contributed by atoms with E-state index in [1.54, 1.807) is 6.07 Å². The summed E-state index contributed by atoms with van der Waals surface area (Å²) in [5.41, 5.74) is 2.30. The van der Waals surface area contributed by atoms with E-state index in [0.29, 0.717) is 12.3 Å². The predicted molar refractivity (Wildman–Crippen MR) is 79.3 cm³/mol. The summed E-state index contributed by atoms with van der Waals surface area (Å²) in [5.74, 6) is 0.728. The van der Waals surface area contributed by atoms with Gasteiger partial charge in [0.2, 0.25) is 0 Å². The maximum absolute atomic E-state index is 11.2. The van der Waals surface area contributed by atoms with Crippen LogP contribution < -0.4 is 4.74 Å². The highest BCUT2D eigenvalue weighted by Crippen LogP contribution is 2.27. The van der Waals surface area contributed by atoms with Crippen LogP contribution >= 0.6 is 11.6 Å². The van der Waals surface area contributed by atoms with Crippen molar-refractivity contribution in [2.75, 3.05) is 0 Å². The molecule has 3 aromatic rings. The van der Waals surface area contributed by atoms with Crippen molar-refractivity contribution in [2.24, 2.45) is 0 Å². The van der Waals surface area contributed by atoms with Crippen LogP contribution in [0.5, 0.6) is 5.75 Å². The molecule has 0 radical (unpaired) electrons. The molecule has 0 aliphatic heterocycles. The first-order valence-corrected chi connectivity index (χ1v) is 6.60. The van der Waals surface area contributed by atoms with Crippen LogP contribution in [-0.4, -0.2) is 10.2 Å². The molecule has 100 valence electrons. The third-order valence-corrected chi connectivity index (χ3v) is 3.28. The van der Waals surface area contributed by atoms with E-state index in [0.717, 1.165) is 22.2 Å². The van der Waals surface area contributed by atoms with Crippen molar-refractivity contribution in [1.29, 1.82) is 0 Å². The number of carbonyl (C=O) groups is 1. The molecule has 0 saturated heterocycles. The molecule has 0 aliphatic rings. The molecule has 2 aromatic carbocycles. The topological polar surface area (TPSA) is 42.1 Å². The minimum atomic E-state index is -0.504. The van der Waals surface area contributed by atoms with E-state index in [1.807, 2.05) is 48.5 Å². The van der Waals surface area contributed by atoms with Crippen molar-refractivity contribution in [3.8, 4) is 5.75 Å². The number of benzene rings is 2. The van der Waals surface area contributed by atoms with Gasteiger partial charge in [-0.3, -0.25) is 4.79 Å². The molecule has 0 spiro atoms. The Morgan fingerprint density at radius 1 is 1.10 bits per heavy atom. The van der Waals surface area contributed by atoms with Crippen molar-refractivity contribution in [3.05, 3.63) is 65.9 Å². The fourth-order valence-corrected chi connectivity index (χ4v) is 2.20. The zero-order chi connectivity index (χ0) is 13.9. The molecule has 0 bridgehead atoms. The quantitative estimate of drug-likeness (QED) is 0.733. The van der Waals surface area contributed by atoms with Gasteiger partial charge in [-0.2, -0.15) is 0 Å². The van der Waals surface area contributed by atoms with Gasteiger partial charge in [0, 0.05) is 10.9 Å². The number of aromatic amines is 1. The summed E-state index contributed by atoms with van der Waals surface area (Å²) in [6.45, 7) is 0.481. The summed E-state index contributed by atoms with van der Waals surface area (Å²) in [6, 6.07) is 17.3. The molecular weight excluding hydrogens is 274 g/mol. The van der Waals surface area contributed by atoms with Gasteiger partial charge in [0.25, 0.3) is 5.24 Å². The highest BCUT2D eigenvalue weighted by atomic mass is 35.5. The first kappa shape index (κ1) is 12.8. The molecule has 20 heavy (non-hydrogen) atoms. The van der Waals surface area contributed by atoms with Crippen molar-refractivity contribution in [3.63, 3.8) is 0 Å². The van der Waals surface area contributed by atoms with Crippen LogP contribution in [0, 0.1) is 0 Å². The second kappa shape index (κ2) is 5.39. The Balaban J connectivity index is 1.89. The lowest BCUT2D eigenvalue weighted by Gasteiger charge is -2.07. The SMILES string of the molecule is O=C(Cl)c1cc2c(OCc3ccccc3)cccc2[nH]1. The van der Waals surface area contributed by atoms with Gasteiger partial charge < -0.3 is 9.72 Å². The molecule has 0 atom stereocenters. The molecule has 0 unspecified atom stereocenters. The molecule has 0 amide bonds. The van der Waals surface area contributed by atoms with Crippen LogP contribution in [0.3, 0.4) is 0 Å². The lowest BCUT2D eigenvalue weighted by molar-refractivity contribution is 0.107.